The van der Waals surface area contributed by atoms with Crippen molar-refractivity contribution in [3.8, 4) is 0 Å². The van der Waals surface area contributed by atoms with Crippen LogP contribution >= 0.6 is 27.5 Å². The Morgan fingerprint density at radius 1 is 1.67 bits per heavy atom. The Hall–Kier alpha value is -0.810. The Balaban J connectivity index is 2.05. The number of aliphatic carboxylic acids is 1. The molecule has 2 N–H and O–H groups in total. The summed E-state index contributed by atoms with van der Waals surface area (Å²) < 4.78 is 0.768. The van der Waals surface area contributed by atoms with Gasteiger partial charge < -0.3 is 10.4 Å². The molecule has 3 rings (SSSR count). The fourth-order valence-electron chi connectivity index (χ4n) is 3.15. The lowest BCUT2D eigenvalue weighted by atomic mass is 9.80. The zero-order valence-corrected chi connectivity index (χ0v) is 11.9. The smallest absolute Gasteiger partial charge is 0.306 e. The van der Waals surface area contributed by atoms with Gasteiger partial charge in [0.2, 0.25) is 0 Å². The predicted octanol–water partition coefficient (Wildman–Crippen LogP) is 3.05. The molecule has 96 valence electrons. The van der Waals surface area contributed by atoms with Crippen molar-refractivity contribution in [2.24, 2.45) is 5.92 Å². The van der Waals surface area contributed by atoms with Gasteiger partial charge in [-0.2, -0.15) is 0 Å². The maximum Gasteiger partial charge on any atom is 0.306 e. The number of fused-ring (bicyclic) bond motifs is 2. The largest absolute Gasteiger partial charge is 0.481 e. The average Bonchev–Trinajstić information content (AvgIpc) is 2.91. The van der Waals surface area contributed by atoms with E-state index in [0.29, 0.717) is 17.9 Å². The van der Waals surface area contributed by atoms with Gasteiger partial charge in [-0.1, -0.05) is 11.6 Å². The molecule has 0 amide bonds. The second kappa shape index (κ2) is 4.10. The highest BCUT2D eigenvalue weighted by Crippen LogP contribution is 2.52. The quantitative estimate of drug-likeness (QED) is 0.830. The Bertz CT molecular complexity index is 537. The van der Waals surface area contributed by atoms with Gasteiger partial charge >= 0.3 is 5.97 Å². The SMILES string of the molecule is O=C(O)[C@@H]1CC[C@@]2(CNc3ncc(Br)c(Cl)c32)C1. The van der Waals surface area contributed by atoms with Crippen molar-refractivity contribution in [2.75, 3.05) is 11.9 Å². The number of nitrogens with zero attached hydrogens (tertiary/aromatic N) is 1. The second-order valence-corrected chi connectivity index (χ2v) is 6.29. The van der Waals surface area contributed by atoms with E-state index in [2.05, 4.69) is 26.2 Å². The highest BCUT2D eigenvalue weighted by molar-refractivity contribution is 9.10. The molecule has 0 aromatic carbocycles. The molecule has 1 aliphatic carbocycles. The van der Waals surface area contributed by atoms with Crippen molar-refractivity contribution >= 4 is 39.3 Å². The first-order valence-corrected chi connectivity index (χ1v) is 7.02. The molecule has 2 atom stereocenters. The van der Waals surface area contributed by atoms with Crippen LogP contribution < -0.4 is 5.32 Å². The summed E-state index contributed by atoms with van der Waals surface area (Å²) >= 11 is 9.75. The van der Waals surface area contributed by atoms with Gasteiger partial charge in [-0.05, 0) is 35.2 Å². The van der Waals surface area contributed by atoms with Crippen molar-refractivity contribution in [3.05, 3.63) is 21.3 Å². The first kappa shape index (κ1) is 12.2. The van der Waals surface area contributed by atoms with E-state index in [1.54, 1.807) is 6.20 Å². The molecular formula is C12H12BrClN2O2. The molecule has 18 heavy (non-hydrogen) atoms. The molecule has 1 fully saturated rings. The van der Waals surface area contributed by atoms with Crippen LogP contribution in [0.2, 0.25) is 5.02 Å². The number of anilines is 1. The Morgan fingerprint density at radius 3 is 3.11 bits per heavy atom. The molecule has 2 aliphatic rings. The van der Waals surface area contributed by atoms with Crippen LogP contribution in [0.5, 0.6) is 0 Å². The van der Waals surface area contributed by atoms with Crippen molar-refractivity contribution < 1.29 is 9.90 Å². The standard InChI is InChI=1S/C12H12BrClN2O2/c13-7-4-15-10-8(9(7)14)12(5-16-10)2-1-6(3-12)11(17)18/h4,6H,1-3,5H2,(H,15,16)(H,17,18)/t6-,12+/m1/s1. The summed E-state index contributed by atoms with van der Waals surface area (Å²) in [7, 11) is 0. The third-order valence-corrected chi connectivity index (χ3v) is 5.28. The minimum absolute atomic E-state index is 0.160. The number of rotatable bonds is 1. The van der Waals surface area contributed by atoms with Gasteiger partial charge in [0.15, 0.2) is 0 Å². The monoisotopic (exact) mass is 330 g/mol. The van der Waals surface area contributed by atoms with Crippen LogP contribution in [0.4, 0.5) is 5.82 Å². The third-order valence-electron chi connectivity index (χ3n) is 4.06. The van der Waals surface area contributed by atoms with E-state index in [-0.39, 0.29) is 11.3 Å². The minimum atomic E-state index is -0.709. The van der Waals surface area contributed by atoms with E-state index in [1.165, 1.54) is 0 Å². The molecule has 0 unspecified atom stereocenters. The molecule has 4 nitrogen and oxygen atoms in total. The first-order valence-electron chi connectivity index (χ1n) is 5.85. The van der Waals surface area contributed by atoms with Gasteiger partial charge in [-0.25, -0.2) is 4.98 Å². The van der Waals surface area contributed by atoms with Crippen molar-refractivity contribution in [2.45, 2.75) is 24.7 Å². The summed E-state index contributed by atoms with van der Waals surface area (Å²) in [6.07, 6.45) is 3.87. The third kappa shape index (κ3) is 1.64. The van der Waals surface area contributed by atoms with E-state index < -0.39 is 5.97 Å². The van der Waals surface area contributed by atoms with Gasteiger partial charge in [0.1, 0.15) is 5.82 Å². The molecule has 1 aliphatic heterocycles. The summed E-state index contributed by atoms with van der Waals surface area (Å²) in [6.45, 7) is 0.731. The van der Waals surface area contributed by atoms with Crippen LogP contribution in [0.1, 0.15) is 24.8 Å². The highest BCUT2D eigenvalue weighted by Gasteiger charge is 2.49. The van der Waals surface area contributed by atoms with Crippen molar-refractivity contribution in [3.63, 3.8) is 0 Å². The number of halogens is 2. The maximum absolute atomic E-state index is 11.1. The highest BCUT2D eigenvalue weighted by atomic mass is 79.9. The Kier molecular flexibility index (Phi) is 2.79. The van der Waals surface area contributed by atoms with Gasteiger partial charge in [0.05, 0.1) is 15.4 Å². The number of carboxylic acids is 1. The van der Waals surface area contributed by atoms with Gasteiger partial charge in [0.25, 0.3) is 0 Å². The topological polar surface area (TPSA) is 62.2 Å². The zero-order chi connectivity index (χ0) is 12.9. The fourth-order valence-corrected chi connectivity index (χ4v) is 3.79. The number of nitrogens with one attached hydrogen (secondary N) is 1. The molecule has 1 spiro atoms. The van der Waals surface area contributed by atoms with Crippen LogP contribution in [-0.4, -0.2) is 22.6 Å². The summed E-state index contributed by atoms with van der Waals surface area (Å²) in [5.41, 5.74) is 0.828. The second-order valence-electron chi connectivity index (χ2n) is 5.06. The lowest BCUT2D eigenvalue weighted by Gasteiger charge is -2.24. The van der Waals surface area contributed by atoms with E-state index in [9.17, 15) is 4.79 Å². The number of aromatic nitrogens is 1. The van der Waals surface area contributed by atoms with Crippen LogP contribution in [-0.2, 0) is 10.2 Å². The Labute approximate surface area is 118 Å². The molecule has 0 bridgehead atoms. The molecule has 0 saturated heterocycles. The van der Waals surface area contributed by atoms with Crippen LogP contribution in [0, 0.1) is 5.92 Å². The molecule has 1 aromatic heterocycles. The van der Waals surface area contributed by atoms with Crippen molar-refractivity contribution in [1.29, 1.82) is 0 Å². The fraction of sp³-hybridized carbons (Fsp3) is 0.500. The van der Waals surface area contributed by atoms with Crippen LogP contribution in [0.25, 0.3) is 0 Å². The molecule has 1 saturated carbocycles. The van der Waals surface area contributed by atoms with Crippen LogP contribution in [0.3, 0.4) is 0 Å². The normalized spacial score (nSPS) is 29.3. The van der Waals surface area contributed by atoms with Crippen LogP contribution in [0.15, 0.2) is 10.7 Å². The van der Waals surface area contributed by atoms with Gasteiger partial charge in [-0.3, -0.25) is 4.79 Å². The number of hydrogen-bond acceptors (Lipinski definition) is 3. The molecule has 6 heteroatoms. The van der Waals surface area contributed by atoms with E-state index >= 15 is 0 Å². The first-order chi connectivity index (χ1) is 8.53. The summed E-state index contributed by atoms with van der Waals surface area (Å²) in [5.74, 6) is -0.179. The van der Waals surface area contributed by atoms with E-state index in [0.717, 1.165) is 28.8 Å². The Morgan fingerprint density at radius 2 is 2.44 bits per heavy atom. The van der Waals surface area contributed by atoms with Crippen molar-refractivity contribution in [1.82, 2.24) is 4.98 Å². The number of pyridine rings is 1. The average molecular weight is 332 g/mol. The number of carbonyl (C=O) groups is 1. The molecular weight excluding hydrogens is 320 g/mol. The van der Waals surface area contributed by atoms with Gasteiger partial charge in [-0.15, -0.1) is 0 Å². The summed E-state index contributed by atoms with van der Waals surface area (Å²) in [6, 6.07) is 0. The maximum atomic E-state index is 11.1. The number of hydrogen-bond donors (Lipinski definition) is 2. The number of carboxylic acid groups (broad SMARTS) is 1. The van der Waals surface area contributed by atoms with E-state index in [1.807, 2.05) is 0 Å². The van der Waals surface area contributed by atoms with Gasteiger partial charge in [0, 0.05) is 23.7 Å². The van der Waals surface area contributed by atoms with E-state index in [4.69, 9.17) is 16.7 Å². The zero-order valence-electron chi connectivity index (χ0n) is 9.54. The summed E-state index contributed by atoms with van der Waals surface area (Å²) in [5, 5.41) is 13.1. The molecule has 0 radical (unpaired) electrons. The predicted molar refractivity (Wildman–Crippen MR) is 72.1 cm³/mol. The molecule has 1 aromatic rings. The summed E-state index contributed by atoms with van der Waals surface area (Å²) in [4.78, 5) is 15.4. The molecule has 2 heterocycles. The minimum Gasteiger partial charge on any atom is -0.481 e. The lowest BCUT2D eigenvalue weighted by molar-refractivity contribution is -0.141. The lowest BCUT2D eigenvalue weighted by Crippen LogP contribution is -2.26.